The fourth-order valence-electron chi connectivity index (χ4n) is 2.10. The Morgan fingerprint density at radius 2 is 1.95 bits per heavy atom. The maximum atomic E-state index is 10.9. The number of hydrogen-bond donors (Lipinski definition) is 1. The van der Waals surface area contributed by atoms with Gasteiger partial charge in [0, 0.05) is 12.3 Å². The first-order valence-electron chi connectivity index (χ1n) is 6.73. The van der Waals surface area contributed by atoms with Crippen LogP contribution in [0.3, 0.4) is 0 Å². The SMILES string of the molecule is Cc1cc(C)c(O)c(/N=C/C=C/c2ccccc2[N+](=O)[O-])c1. The third-order valence-electron chi connectivity index (χ3n) is 3.13. The Labute approximate surface area is 128 Å². The number of para-hydroxylation sites is 1. The molecule has 0 saturated heterocycles. The molecule has 2 aromatic rings. The summed E-state index contributed by atoms with van der Waals surface area (Å²) in [5.74, 6) is 0.140. The van der Waals surface area contributed by atoms with Crippen molar-refractivity contribution in [3.05, 3.63) is 69.3 Å². The molecule has 0 heterocycles. The van der Waals surface area contributed by atoms with Gasteiger partial charge in [0.15, 0.2) is 0 Å². The summed E-state index contributed by atoms with van der Waals surface area (Å²) in [7, 11) is 0. The second-order valence-corrected chi connectivity index (χ2v) is 4.90. The first-order valence-corrected chi connectivity index (χ1v) is 6.73. The molecule has 0 bridgehead atoms. The highest BCUT2D eigenvalue weighted by Gasteiger charge is 2.08. The van der Waals surface area contributed by atoms with Gasteiger partial charge in [0.2, 0.25) is 0 Å². The summed E-state index contributed by atoms with van der Waals surface area (Å²) in [5, 5.41) is 20.8. The average molecular weight is 296 g/mol. The molecule has 5 heteroatoms. The van der Waals surface area contributed by atoms with E-state index in [2.05, 4.69) is 4.99 Å². The van der Waals surface area contributed by atoms with E-state index in [4.69, 9.17) is 0 Å². The minimum Gasteiger partial charge on any atom is -0.505 e. The highest BCUT2D eigenvalue weighted by molar-refractivity contribution is 5.82. The highest BCUT2D eigenvalue weighted by Crippen LogP contribution is 2.30. The minimum atomic E-state index is -0.424. The van der Waals surface area contributed by atoms with Crippen LogP contribution >= 0.6 is 0 Å². The fourth-order valence-corrected chi connectivity index (χ4v) is 2.10. The highest BCUT2D eigenvalue weighted by atomic mass is 16.6. The van der Waals surface area contributed by atoms with Crippen molar-refractivity contribution in [1.82, 2.24) is 0 Å². The minimum absolute atomic E-state index is 0.0430. The van der Waals surface area contributed by atoms with Gasteiger partial charge in [-0.05, 0) is 49.3 Å². The van der Waals surface area contributed by atoms with Gasteiger partial charge in [-0.1, -0.05) is 18.2 Å². The summed E-state index contributed by atoms with van der Waals surface area (Å²) in [4.78, 5) is 14.7. The molecule has 22 heavy (non-hydrogen) atoms. The number of nitrogens with zero attached hydrogens (tertiary/aromatic N) is 2. The predicted octanol–water partition coefficient (Wildman–Crippen LogP) is 4.33. The van der Waals surface area contributed by atoms with Crippen molar-refractivity contribution >= 4 is 23.7 Å². The van der Waals surface area contributed by atoms with Gasteiger partial charge in [-0.25, -0.2) is 0 Å². The van der Waals surface area contributed by atoms with Gasteiger partial charge in [-0.2, -0.15) is 0 Å². The maximum absolute atomic E-state index is 10.9. The molecular formula is C17H16N2O3. The van der Waals surface area contributed by atoms with Gasteiger partial charge in [0.25, 0.3) is 5.69 Å². The summed E-state index contributed by atoms with van der Waals surface area (Å²) < 4.78 is 0. The zero-order valence-corrected chi connectivity index (χ0v) is 12.4. The summed E-state index contributed by atoms with van der Waals surface area (Å²) in [6.07, 6.45) is 4.73. The smallest absolute Gasteiger partial charge is 0.276 e. The summed E-state index contributed by atoms with van der Waals surface area (Å²) in [6, 6.07) is 10.1. The number of phenolic OH excluding ortho intramolecular Hbond substituents is 1. The number of rotatable bonds is 4. The molecule has 0 unspecified atom stereocenters. The molecule has 0 aliphatic rings. The molecule has 2 rings (SSSR count). The lowest BCUT2D eigenvalue weighted by molar-refractivity contribution is -0.385. The van der Waals surface area contributed by atoms with Gasteiger partial charge < -0.3 is 5.11 Å². The Morgan fingerprint density at radius 1 is 1.23 bits per heavy atom. The number of aliphatic imine (C=N–C) groups is 1. The zero-order valence-electron chi connectivity index (χ0n) is 12.4. The van der Waals surface area contributed by atoms with Crippen LogP contribution in [0, 0.1) is 24.0 Å². The Kier molecular flexibility index (Phi) is 4.68. The molecule has 0 aliphatic carbocycles. The van der Waals surface area contributed by atoms with Gasteiger partial charge in [0.1, 0.15) is 11.4 Å². The van der Waals surface area contributed by atoms with Crippen molar-refractivity contribution in [2.24, 2.45) is 4.99 Å². The molecule has 0 atom stereocenters. The summed E-state index contributed by atoms with van der Waals surface area (Å²) in [6.45, 7) is 3.74. The van der Waals surface area contributed by atoms with Gasteiger partial charge in [0.05, 0.1) is 10.5 Å². The fraction of sp³-hybridized carbons (Fsp3) is 0.118. The van der Waals surface area contributed by atoms with Crippen LogP contribution in [0.15, 0.2) is 47.5 Å². The molecule has 1 N–H and O–H groups in total. The van der Waals surface area contributed by atoms with Gasteiger partial charge in [-0.3, -0.25) is 15.1 Å². The van der Waals surface area contributed by atoms with Crippen LogP contribution in [-0.4, -0.2) is 16.2 Å². The van der Waals surface area contributed by atoms with Crippen LogP contribution in [0.1, 0.15) is 16.7 Å². The second-order valence-electron chi connectivity index (χ2n) is 4.90. The normalized spacial score (nSPS) is 11.4. The topological polar surface area (TPSA) is 75.7 Å². The van der Waals surface area contributed by atoms with Crippen LogP contribution in [0.25, 0.3) is 6.08 Å². The largest absolute Gasteiger partial charge is 0.505 e. The number of aromatic hydroxyl groups is 1. The van der Waals surface area contributed by atoms with E-state index in [0.717, 1.165) is 11.1 Å². The monoisotopic (exact) mass is 296 g/mol. The van der Waals surface area contributed by atoms with E-state index >= 15 is 0 Å². The lowest BCUT2D eigenvalue weighted by Gasteiger charge is -2.03. The molecule has 0 amide bonds. The lowest BCUT2D eigenvalue weighted by Crippen LogP contribution is -1.90. The van der Waals surface area contributed by atoms with Gasteiger partial charge in [-0.15, -0.1) is 0 Å². The number of phenols is 1. The van der Waals surface area contributed by atoms with Crippen molar-refractivity contribution < 1.29 is 10.0 Å². The molecule has 0 radical (unpaired) electrons. The molecule has 0 spiro atoms. The molecule has 0 aliphatic heterocycles. The lowest BCUT2D eigenvalue weighted by atomic mass is 10.1. The molecule has 2 aromatic carbocycles. The van der Waals surface area contributed by atoms with Crippen LogP contribution in [0.2, 0.25) is 0 Å². The molecule has 112 valence electrons. The number of aryl methyl sites for hydroxylation is 2. The maximum Gasteiger partial charge on any atom is 0.276 e. The number of benzene rings is 2. The molecule has 5 nitrogen and oxygen atoms in total. The van der Waals surface area contributed by atoms with Crippen molar-refractivity contribution in [3.63, 3.8) is 0 Å². The average Bonchev–Trinajstić information content (AvgIpc) is 2.48. The first kappa shape index (κ1) is 15.4. The molecular weight excluding hydrogens is 280 g/mol. The standard InChI is InChI=1S/C17H16N2O3/c1-12-10-13(2)17(20)15(11-12)18-9-5-7-14-6-3-4-8-16(14)19(21)22/h3-11,20H,1-2H3/b7-5+,18-9+. The Balaban J connectivity index is 2.22. The Morgan fingerprint density at radius 3 is 2.68 bits per heavy atom. The molecule has 0 saturated carbocycles. The van der Waals surface area contributed by atoms with E-state index < -0.39 is 4.92 Å². The van der Waals surface area contributed by atoms with Crippen molar-refractivity contribution in [3.8, 4) is 5.75 Å². The van der Waals surface area contributed by atoms with Gasteiger partial charge >= 0.3 is 0 Å². The Bertz CT molecular complexity index is 764. The van der Waals surface area contributed by atoms with Crippen molar-refractivity contribution in [2.75, 3.05) is 0 Å². The van der Waals surface area contributed by atoms with Crippen molar-refractivity contribution in [1.29, 1.82) is 0 Å². The molecule has 0 fully saturated rings. The molecule has 0 aromatic heterocycles. The summed E-state index contributed by atoms with van der Waals surface area (Å²) >= 11 is 0. The summed E-state index contributed by atoms with van der Waals surface area (Å²) in [5.41, 5.74) is 2.79. The van der Waals surface area contributed by atoms with Crippen LogP contribution in [0.4, 0.5) is 11.4 Å². The third kappa shape index (κ3) is 3.58. The van der Waals surface area contributed by atoms with Crippen molar-refractivity contribution in [2.45, 2.75) is 13.8 Å². The zero-order chi connectivity index (χ0) is 16.1. The van der Waals surface area contributed by atoms with Crippen LogP contribution in [-0.2, 0) is 0 Å². The van der Waals surface area contributed by atoms with Crippen LogP contribution in [0.5, 0.6) is 5.75 Å². The van der Waals surface area contributed by atoms with E-state index in [1.165, 1.54) is 12.3 Å². The first-order chi connectivity index (χ1) is 10.5. The van der Waals surface area contributed by atoms with E-state index in [9.17, 15) is 15.2 Å². The second kappa shape index (κ2) is 6.67. The number of allylic oxidation sites excluding steroid dienone is 1. The van der Waals surface area contributed by atoms with Crippen LogP contribution < -0.4 is 0 Å². The van der Waals surface area contributed by atoms with E-state index in [1.807, 2.05) is 19.9 Å². The predicted molar refractivity (Wildman–Crippen MR) is 87.9 cm³/mol. The number of hydrogen-bond acceptors (Lipinski definition) is 4. The number of nitro groups is 1. The quantitative estimate of drug-likeness (QED) is 0.518. The number of nitro benzene ring substituents is 1. The van der Waals surface area contributed by atoms with E-state index in [0.29, 0.717) is 11.3 Å². The van der Waals surface area contributed by atoms with E-state index in [1.54, 1.807) is 36.4 Å². The van der Waals surface area contributed by atoms with E-state index in [-0.39, 0.29) is 11.4 Å². The Hall–Kier alpha value is -2.95. The third-order valence-corrected chi connectivity index (χ3v) is 3.13.